The van der Waals surface area contributed by atoms with Crippen molar-refractivity contribution in [3.05, 3.63) is 28.4 Å². The van der Waals surface area contributed by atoms with Gasteiger partial charge in [0.05, 0.1) is 5.56 Å². The number of ether oxygens (including phenoxy) is 1. The molecule has 1 atom stereocenters. The lowest BCUT2D eigenvalue weighted by Crippen LogP contribution is -2.51. The summed E-state index contributed by atoms with van der Waals surface area (Å²) in [6, 6.07) is 3.35. The van der Waals surface area contributed by atoms with Crippen molar-refractivity contribution in [2.45, 2.75) is 32.8 Å². The number of esters is 1. The molecule has 0 bridgehead atoms. The van der Waals surface area contributed by atoms with Gasteiger partial charge < -0.3 is 9.84 Å². The molecule has 23 heavy (non-hydrogen) atoms. The zero-order chi connectivity index (χ0) is 18.2. The molecular weight excluding hydrogens is 651 g/mol. The van der Waals surface area contributed by atoms with Gasteiger partial charge in [-0.15, -0.1) is 0 Å². The number of carboxylic acids is 1. The molecule has 0 amide bonds. The Hall–Kier alpha value is 0.210. The van der Waals surface area contributed by atoms with Gasteiger partial charge in [-0.1, -0.05) is 20.8 Å². The third kappa shape index (κ3) is 5.09. The molecule has 128 valence electrons. The first-order chi connectivity index (χ1) is 10.3. The van der Waals surface area contributed by atoms with Crippen LogP contribution in [0.25, 0.3) is 0 Å². The number of carboxylic acid groups (broad SMARTS) is 1. The van der Waals surface area contributed by atoms with E-state index >= 15 is 0 Å². The molecule has 1 aromatic rings. The first kappa shape index (κ1) is 21.3. The summed E-state index contributed by atoms with van der Waals surface area (Å²) in [5.41, 5.74) is -1.12. The summed E-state index contributed by atoms with van der Waals surface area (Å²) in [6.07, 6.45) is -2.09. The summed E-state index contributed by atoms with van der Waals surface area (Å²) in [4.78, 5) is 23.2. The van der Waals surface area contributed by atoms with E-state index in [-0.39, 0.29) is 5.56 Å². The van der Waals surface area contributed by atoms with Gasteiger partial charge in [-0.2, -0.15) is 8.78 Å². The molecule has 1 aromatic carbocycles. The van der Waals surface area contributed by atoms with Crippen molar-refractivity contribution < 1.29 is 28.2 Å². The Bertz CT molecular complexity index is 642. The van der Waals surface area contributed by atoms with Crippen LogP contribution in [0, 0.1) is 16.1 Å². The number of rotatable bonds is 4. The van der Waals surface area contributed by atoms with Gasteiger partial charge in [0, 0.05) is 16.1 Å². The van der Waals surface area contributed by atoms with Crippen molar-refractivity contribution in [3.8, 4) is 0 Å². The number of hydrogen-bond donors (Lipinski definition) is 1. The maximum Gasteiger partial charge on any atom is 0.379 e. The van der Waals surface area contributed by atoms with E-state index in [2.05, 4.69) is 0 Å². The molecule has 0 fully saturated rings. The van der Waals surface area contributed by atoms with Crippen LogP contribution in [0.4, 0.5) is 8.78 Å². The van der Waals surface area contributed by atoms with Crippen molar-refractivity contribution in [1.29, 1.82) is 0 Å². The number of benzene rings is 1. The molecule has 0 spiro atoms. The van der Waals surface area contributed by atoms with E-state index in [0.29, 0.717) is 3.57 Å². The molecule has 9 heteroatoms. The number of alkyl halides is 2. The van der Waals surface area contributed by atoms with Crippen LogP contribution in [0.15, 0.2) is 12.1 Å². The monoisotopic (exact) mass is 664 g/mol. The molecule has 0 heterocycles. The van der Waals surface area contributed by atoms with E-state index in [1.54, 1.807) is 0 Å². The number of hydrogen-bond acceptors (Lipinski definition) is 3. The summed E-state index contributed by atoms with van der Waals surface area (Å²) < 4.78 is 35.0. The second kappa shape index (κ2) is 7.62. The standard InChI is InChI=1S/C14H13F2I3O4/c1-13(2,3)11(14(15,16)12(21)22)23-10(20)7-4-6(17)5-8(18)9(7)19/h4-5,11H,1-3H3,(H,21,22). The van der Waals surface area contributed by atoms with Crippen LogP contribution in [0.5, 0.6) is 0 Å². The molecule has 1 unspecified atom stereocenters. The number of carbonyl (C=O) groups is 2. The molecule has 0 saturated carbocycles. The highest BCUT2D eigenvalue weighted by Crippen LogP contribution is 2.36. The minimum absolute atomic E-state index is 0.136. The van der Waals surface area contributed by atoms with Crippen LogP contribution in [0.2, 0.25) is 0 Å². The first-order valence-electron chi connectivity index (χ1n) is 6.25. The normalized spacial score (nSPS) is 13.6. The third-order valence-corrected chi connectivity index (χ3v) is 6.51. The Morgan fingerprint density at radius 2 is 1.70 bits per heavy atom. The molecule has 1 N–H and O–H groups in total. The minimum atomic E-state index is -4.19. The fourth-order valence-electron chi connectivity index (χ4n) is 1.78. The summed E-state index contributed by atoms with van der Waals surface area (Å²) >= 11 is 5.95. The summed E-state index contributed by atoms with van der Waals surface area (Å²) in [6.45, 7) is 4.18. The largest absolute Gasteiger partial charge is 0.477 e. The lowest BCUT2D eigenvalue weighted by atomic mass is 9.85. The van der Waals surface area contributed by atoms with E-state index < -0.39 is 29.4 Å². The predicted molar refractivity (Wildman–Crippen MR) is 106 cm³/mol. The molecule has 1 rings (SSSR count). The third-order valence-electron chi connectivity index (χ3n) is 2.84. The van der Waals surface area contributed by atoms with Crippen LogP contribution < -0.4 is 0 Å². The molecule has 0 radical (unpaired) electrons. The lowest BCUT2D eigenvalue weighted by molar-refractivity contribution is -0.194. The predicted octanol–water partition coefficient (Wildman–Crippen LogP) is 4.79. The van der Waals surface area contributed by atoms with Crippen molar-refractivity contribution in [2.75, 3.05) is 0 Å². The van der Waals surface area contributed by atoms with Gasteiger partial charge in [-0.3, -0.25) is 0 Å². The average Bonchev–Trinajstić information content (AvgIpc) is 2.38. The molecule has 0 aliphatic carbocycles. The Morgan fingerprint density at radius 1 is 1.17 bits per heavy atom. The molecule has 0 aliphatic rings. The highest BCUT2D eigenvalue weighted by atomic mass is 127. The van der Waals surface area contributed by atoms with Gasteiger partial charge in [0.15, 0.2) is 6.10 Å². The minimum Gasteiger partial charge on any atom is -0.477 e. The van der Waals surface area contributed by atoms with Crippen LogP contribution in [0.1, 0.15) is 31.1 Å². The average molecular weight is 664 g/mol. The highest BCUT2D eigenvalue weighted by Gasteiger charge is 2.55. The van der Waals surface area contributed by atoms with Gasteiger partial charge in [-0.05, 0) is 79.9 Å². The van der Waals surface area contributed by atoms with Crippen molar-refractivity contribution >= 4 is 79.7 Å². The van der Waals surface area contributed by atoms with Crippen molar-refractivity contribution in [3.63, 3.8) is 0 Å². The second-order valence-electron chi connectivity index (χ2n) is 5.83. The Labute approximate surface area is 173 Å². The molecule has 0 aromatic heterocycles. The van der Waals surface area contributed by atoms with Gasteiger partial charge in [0.1, 0.15) is 0 Å². The molecule has 0 saturated heterocycles. The fourth-order valence-corrected chi connectivity index (χ4v) is 4.16. The van der Waals surface area contributed by atoms with Crippen LogP contribution in [-0.2, 0) is 9.53 Å². The van der Waals surface area contributed by atoms with E-state index in [1.165, 1.54) is 26.8 Å². The summed E-state index contributed by atoms with van der Waals surface area (Å²) in [7, 11) is 0. The molecule has 0 aliphatic heterocycles. The molecule has 4 nitrogen and oxygen atoms in total. The van der Waals surface area contributed by atoms with Crippen LogP contribution >= 0.6 is 67.8 Å². The van der Waals surface area contributed by atoms with E-state index in [0.717, 1.165) is 7.14 Å². The number of carbonyl (C=O) groups excluding carboxylic acids is 1. The van der Waals surface area contributed by atoms with Crippen LogP contribution in [-0.4, -0.2) is 29.1 Å². The van der Waals surface area contributed by atoms with Gasteiger partial charge in [0.25, 0.3) is 0 Å². The van der Waals surface area contributed by atoms with E-state index in [9.17, 15) is 18.4 Å². The maximum atomic E-state index is 14.0. The van der Waals surface area contributed by atoms with Crippen molar-refractivity contribution in [1.82, 2.24) is 0 Å². The summed E-state index contributed by atoms with van der Waals surface area (Å²) in [5.74, 6) is -7.47. The quantitative estimate of drug-likeness (QED) is 0.286. The van der Waals surface area contributed by atoms with Crippen molar-refractivity contribution in [2.24, 2.45) is 5.41 Å². The Morgan fingerprint density at radius 3 is 2.13 bits per heavy atom. The van der Waals surface area contributed by atoms with Gasteiger partial charge in [-0.25, -0.2) is 9.59 Å². The first-order valence-corrected chi connectivity index (χ1v) is 9.48. The smallest absolute Gasteiger partial charge is 0.379 e. The SMILES string of the molecule is CC(C)(C)C(OC(=O)c1cc(I)cc(I)c1I)C(F)(F)C(=O)O. The lowest BCUT2D eigenvalue weighted by Gasteiger charge is -2.33. The molecular formula is C14H13F2I3O4. The topological polar surface area (TPSA) is 63.6 Å². The van der Waals surface area contributed by atoms with Crippen LogP contribution in [0.3, 0.4) is 0 Å². The Balaban J connectivity index is 3.26. The van der Waals surface area contributed by atoms with Gasteiger partial charge in [0.2, 0.25) is 0 Å². The van der Waals surface area contributed by atoms with E-state index in [4.69, 9.17) is 9.84 Å². The number of halogens is 5. The fraction of sp³-hybridized carbons (Fsp3) is 0.429. The van der Waals surface area contributed by atoms with E-state index in [1.807, 2.05) is 73.8 Å². The Kier molecular flexibility index (Phi) is 7.04. The zero-order valence-corrected chi connectivity index (χ0v) is 18.8. The number of aliphatic carboxylic acids is 1. The maximum absolute atomic E-state index is 14.0. The highest BCUT2D eigenvalue weighted by molar-refractivity contribution is 14.1. The zero-order valence-electron chi connectivity index (χ0n) is 12.3. The van der Waals surface area contributed by atoms with Gasteiger partial charge >= 0.3 is 17.9 Å². The summed E-state index contributed by atoms with van der Waals surface area (Å²) in [5, 5.41) is 8.76. The second-order valence-corrected chi connectivity index (χ2v) is 9.32.